The number of nitrogens with two attached hydrogens (primary N) is 1. The Bertz CT molecular complexity index is 630. The molecule has 0 amide bonds. The highest BCUT2D eigenvalue weighted by molar-refractivity contribution is 7.90. The maximum absolute atomic E-state index is 13.5. The molecule has 5 nitrogen and oxygen atoms in total. The number of carbonyl (C=O) groups is 1. The summed E-state index contributed by atoms with van der Waals surface area (Å²) in [5.74, 6) is -6.48. The smallest absolute Gasteiger partial charge is 0.320 e. The summed E-state index contributed by atoms with van der Waals surface area (Å²) in [4.78, 5) is 9.09. The molecule has 0 fully saturated rings. The molecule has 1 aromatic carbocycles. The number of aliphatic carboxylic acids is 1. The second-order valence-electron chi connectivity index (χ2n) is 3.90. The zero-order valence-corrected chi connectivity index (χ0v) is 10.5. The number of hydrogen-bond donors (Lipinski definition) is 2. The van der Waals surface area contributed by atoms with E-state index in [2.05, 4.69) is 0 Å². The molecule has 0 spiro atoms. The molecule has 1 unspecified atom stereocenters. The third-order valence-electron chi connectivity index (χ3n) is 2.32. The van der Waals surface area contributed by atoms with Gasteiger partial charge in [-0.05, 0) is 11.6 Å². The monoisotopic (exact) mass is 297 g/mol. The van der Waals surface area contributed by atoms with Crippen LogP contribution in [0.3, 0.4) is 0 Å². The molecule has 0 radical (unpaired) electrons. The van der Waals surface area contributed by atoms with E-state index < -0.39 is 56.2 Å². The average Bonchev–Trinajstić information content (AvgIpc) is 2.23. The van der Waals surface area contributed by atoms with E-state index in [1.54, 1.807) is 0 Å². The van der Waals surface area contributed by atoms with E-state index in [-0.39, 0.29) is 0 Å². The van der Waals surface area contributed by atoms with Crippen LogP contribution < -0.4 is 5.73 Å². The number of halogens is 3. The molecule has 19 heavy (non-hydrogen) atoms. The van der Waals surface area contributed by atoms with Crippen LogP contribution in [0.1, 0.15) is 5.56 Å². The van der Waals surface area contributed by atoms with Crippen molar-refractivity contribution >= 4 is 15.8 Å². The van der Waals surface area contributed by atoms with Crippen molar-refractivity contribution in [3.8, 4) is 0 Å². The summed E-state index contributed by atoms with van der Waals surface area (Å²) in [5, 5.41) is 8.53. The molecule has 0 saturated carbocycles. The highest BCUT2D eigenvalue weighted by atomic mass is 32.2. The number of carboxylic acids is 1. The molecule has 9 heteroatoms. The molecular weight excluding hydrogens is 287 g/mol. The minimum absolute atomic E-state index is 0.428. The molecule has 3 N–H and O–H groups in total. The summed E-state index contributed by atoms with van der Waals surface area (Å²) in [6.45, 7) is 0. The van der Waals surface area contributed by atoms with Gasteiger partial charge in [0.15, 0.2) is 21.5 Å². The van der Waals surface area contributed by atoms with Crippen LogP contribution in [-0.2, 0) is 21.1 Å². The highest BCUT2D eigenvalue weighted by Crippen LogP contribution is 2.24. The van der Waals surface area contributed by atoms with Gasteiger partial charge in [0.1, 0.15) is 16.8 Å². The summed E-state index contributed by atoms with van der Waals surface area (Å²) in [7, 11) is -4.29. The normalized spacial score (nSPS) is 13.3. The summed E-state index contributed by atoms with van der Waals surface area (Å²) < 4.78 is 62.7. The van der Waals surface area contributed by atoms with Crippen molar-refractivity contribution < 1.29 is 31.5 Å². The van der Waals surface area contributed by atoms with Crippen LogP contribution in [0, 0.1) is 17.5 Å². The standard InChI is InChI=1S/C10H10F3NO4S/c1-19(17,18)9-5(11)2-4(7(12)8(9)13)3-6(14)10(15)16/h2,6H,3,14H2,1H3,(H,15,16). The fourth-order valence-corrected chi connectivity index (χ4v) is 2.27. The van der Waals surface area contributed by atoms with Crippen LogP contribution in [0.5, 0.6) is 0 Å². The Hall–Kier alpha value is -1.61. The fourth-order valence-electron chi connectivity index (χ4n) is 1.44. The van der Waals surface area contributed by atoms with Gasteiger partial charge in [-0.2, -0.15) is 0 Å². The Morgan fingerprint density at radius 2 is 1.89 bits per heavy atom. The first-order valence-corrected chi connectivity index (χ1v) is 6.79. The third-order valence-corrected chi connectivity index (χ3v) is 3.44. The average molecular weight is 297 g/mol. The van der Waals surface area contributed by atoms with Crippen molar-refractivity contribution in [1.82, 2.24) is 0 Å². The first-order chi connectivity index (χ1) is 8.55. The van der Waals surface area contributed by atoms with E-state index in [1.165, 1.54) is 0 Å². The lowest BCUT2D eigenvalue weighted by molar-refractivity contribution is -0.138. The van der Waals surface area contributed by atoms with Gasteiger partial charge in [-0.1, -0.05) is 0 Å². The van der Waals surface area contributed by atoms with Crippen LogP contribution in [0.25, 0.3) is 0 Å². The number of benzene rings is 1. The van der Waals surface area contributed by atoms with E-state index in [0.717, 1.165) is 0 Å². The van der Waals surface area contributed by atoms with Crippen LogP contribution in [0.2, 0.25) is 0 Å². The van der Waals surface area contributed by atoms with Crippen molar-refractivity contribution in [2.45, 2.75) is 17.4 Å². The predicted molar refractivity (Wildman–Crippen MR) is 58.7 cm³/mol. The molecular formula is C10H10F3NO4S. The predicted octanol–water partition coefficient (Wildman–Crippen LogP) is 0.462. The summed E-state index contributed by atoms with van der Waals surface area (Å²) in [6.07, 6.45) is -0.143. The summed E-state index contributed by atoms with van der Waals surface area (Å²) in [6, 6.07) is -1.13. The van der Waals surface area contributed by atoms with Crippen molar-refractivity contribution in [3.05, 3.63) is 29.1 Å². The topological polar surface area (TPSA) is 97.5 Å². The second-order valence-corrected chi connectivity index (χ2v) is 5.85. The molecule has 0 aliphatic carbocycles. The minimum Gasteiger partial charge on any atom is -0.480 e. The molecule has 1 rings (SSSR count). The summed E-state index contributed by atoms with van der Waals surface area (Å²) in [5.41, 5.74) is 4.47. The minimum atomic E-state index is -4.29. The van der Waals surface area contributed by atoms with Gasteiger partial charge in [0, 0.05) is 12.7 Å². The SMILES string of the molecule is CS(=O)(=O)c1c(F)cc(CC(N)C(=O)O)c(F)c1F. The van der Waals surface area contributed by atoms with Crippen LogP contribution in [0.15, 0.2) is 11.0 Å². The largest absolute Gasteiger partial charge is 0.480 e. The Labute approximate surface area is 106 Å². The van der Waals surface area contributed by atoms with Gasteiger partial charge < -0.3 is 10.8 Å². The fraction of sp³-hybridized carbons (Fsp3) is 0.300. The van der Waals surface area contributed by atoms with Gasteiger partial charge in [0.2, 0.25) is 0 Å². The maximum Gasteiger partial charge on any atom is 0.320 e. The van der Waals surface area contributed by atoms with Gasteiger partial charge in [-0.25, -0.2) is 21.6 Å². The highest BCUT2D eigenvalue weighted by Gasteiger charge is 2.27. The Morgan fingerprint density at radius 1 is 1.37 bits per heavy atom. The van der Waals surface area contributed by atoms with E-state index in [9.17, 15) is 26.4 Å². The van der Waals surface area contributed by atoms with E-state index in [1.807, 2.05) is 0 Å². The quantitative estimate of drug-likeness (QED) is 0.787. The van der Waals surface area contributed by atoms with Gasteiger partial charge in [0.05, 0.1) is 0 Å². The molecule has 0 aliphatic heterocycles. The molecule has 0 saturated heterocycles. The molecule has 0 aromatic heterocycles. The zero-order valence-electron chi connectivity index (χ0n) is 9.65. The zero-order chi connectivity index (χ0) is 15.0. The lowest BCUT2D eigenvalue weighted by atomic mass is 10.1. The van der Waals surface area contributed by atoms with Gasteiger partial charge >= 0.3 is 5.97 Å². The molecule has 106 valence electrons. The van der Waals surface area contributed by atoms with Crippen LogP contribution in [-0.4, -0.2) is 31.8 Å². The lowest BCUT2D eigenvalue weighted by Crippen LogP contribution is -2.32. The molecule has 1 aromatic rings. The van der Waals surface area contributed by atoms with Crippen molar-refractivity contribution in [1.29, 1.82) is 0 Å². The van der Waals surface area contributed by atoms with E-state index >= 15 is 0 Å². The van der Waals surface area contributed by atoms with Crippen molar-refractivity contribution in [2.75, 3.05) is 6.26 Å². The lowest BCUT2D eigenvalue weighted by Gasteiger charge is -2.11. The van der Waals surface area contributed by atoms with Crippen molar-refractivity contribution in [2.24, 2.45) is 5.73 Å². The second kappa shape index (κ2) is 5.17. The first kappa shape index (κ1) is 15.4. The number of hydrogen-bond acceptors (Lipinski definition) is 4. The van der Waals surface area contributed by atoms with Crippen LogP contribution in [0.4, 0.5) is 13.2 Å². The molecule has 0 bridgehead atoms. The third kappa shape index (κ3) is 3.24. The first-order valence-electron chi connectivity index (χ1n) is 4.90. The Balaban J connectivity index is 3.38. The molecule has 0 heterocycles. The Kier molecular flexibility index (Phi) is 4.21. The number of sulfone groups is 1. The molecule has 1 atom stereocenters. The van der Waals surface area contributed by atoms with E-state index in [0.29, 0.717) is 12.3 Å². The molecule has 0 aliphatic rings. The van der Waals surface area contributed by atoms with Crippen molar-refractivity contribution in [3.63, 3.8) is 0 Å². The Morgan fingerprint density at radius 3 is 2.32 bits per heavy atom. The van der Waals surface area contributed by atoms with E-state index in [4.69, 9.17) is 10.8 Å². The summed E-state index contributed by atoms with van der Waals surface area (Å²) >= 11 is 0. The maximum atomic E-state index is 13.5. The van der Waals surface area contributed by atoms with Gasteiger partial charge in [-0.3, -0.25) is 4.79 Å². The number of carboxylic acid groups (broad SMARTS) is 1. The van der Waals surface area contributed by atoms with Gasteiger partial charge in [-0.15, -0.1) is 0 Å². The number of rotatable bonds is 4. The van der Waals surface area contributed by atoms with Crippen LogP contribution >= 0.6 is 0 Å². The van der Waals surface area contributed by atoms with Gasteiger partial charge in [0.25, 0.3) is 0 Å².